The maximum atomic E-state index is 12.9. The first kappa shape index (κ1) is 62.8. The van der Waals surface area contributed by atoms with Crippen LogP contribution in [0.25, 0.3) is 0 Å². The number of unbranched alkanes of at least 4 members (excludes halogenated alkanes) is 15. The molecule has 3 atom stereocenters. The summed E-state index contributed by atoms with van der Waals surface area (Å²) in [5.41, 5.74) is 0. The number of methoxy groups -OCH3 is 1. The number of carbonyl (C=O) groups excluding carboxylic acids is 5. The van der Waals surface area contributed by atoms with Crippen LogP contribution in [0.4, 0.5) is 4.79 Å². The topological polar surface area (TPSA) is 135 Å². The van der Waals surface area contributed by atoms with Gasteiger partial charge in [-0.25, -0.2) is 4.79 Å². The van der Waals surface area contributed by atoms with Crippen LogP contribution < -0.4 is 0 Å². The van der Waals surface area contributed by atoms with Gasteiger partial charge >= 0.3 is 30.0 Å². The molecule has 59 heavy (non-hydrogen) atoms. The van der Waals surface area contributed by atoms with Gasteiger partial charge in [0.1, 0.15) is 6.10 Å². The predicted octanol–water partition coefficient (Wildman–Crippen LogP) is 13.0. The van der Waals surface area contributed by atoms with E-state index in [-0.39, 0.29) is 43.8 Å². The molecule has 0 bridgehead atoms. The lowest BCUT2D eigenvalue weighted by atomic mass is 10.0. The minimum atomic E-state index is -0.532. The highest BCUT2D eigenvalue weighted by atomic mass is 16.6. The van der Waals surface area contributed by atoms with Crippen LogP contribution in [0.5, 0.6) is 0 Å². The first-order valence-electron chi connectivity index (χ1n) is 24.1. The Hall–Kier alpha value is -2.85. The number of amides is 1. The van der Waals surface area contributed by atoms with E-state index in [0.29, 0.717) is 32.6 Å². The molecule has 352 valence electrons. The molecule has 0 N–H and O–H groups in total. The zero-order valence-corrected chi connectivity index (χ0v) is 40.6. The molecule has 1 rings (SSSR count). The summed E-state index contributed by atoms with van der Waals surface area (Å²) in [6.07, 6.45) is 21.0. The van der Waals surface area contributed by atoms with Crippen LogP contribution in [0.15, 0.2) is 0 Å². The summed E-state index contributed by atoms with van der Waals surface area (Å²) < 4.78 is 26.3. The SMILES string of the molecule is CC.CC.CC.CCCCCCCCC(=O)OC.CCCCCCCCOC(=O)CC(COC(=O)CCCCCCCC)CC(=O)OC1CN(C(=O)OCCC)CC1C. The molecular weight excluding hydrogens is 751 g/mol. The van der Waals surface area contributed by atoms with Gasteiger partial charge in [-0.2, -0.15) is 0 Å². The van der Waals surface area contributed by atoms with Crippen molar-refractivity contribution in [1.29, 1.82) is 0 Å². The first-order chi connectivity index (χ1) is 28.6. The van der Waals surface area contributed by atoms with Crippen molar-refractivity contribution in [3.63, 3.8) is 0 Å². The molecule has 0 aromatic rings. The van der Waals surface area contributed by atoms with Gasteiger partial charge in [-0.05, 0) is 25.7 Å². The number of nitrogens with zero attached hydrogens (tertiary/aromatic N) is 1. The Morgan fingerprint density at radius 1 is 0.508 bits per heavy atom. The second-order valence-electron chi connectivity index (χ2n) is 14.6. The maximum Gasteiger partial charge on any atom is 0.409 e. The normalized spacial score (nSPS) is 14.3. The lowest BCUT2D eigenvalue weighted by Crippen LogP contribution is -2.32. The zero-order valence-electron chi connectivity index (χ0n) is 40.6. The van der Waals surface area contributed by atoms with Crippen molar-refractivity contribution in [2.45, 2.75) is 230 Å². The van der Waals surface area contributed by atoms with Crippen LogP contribution in [-0.4, -0.2) is 81.0 Å². The maximum absolute atomic E-state index is 12.9. The van der Waals surface area contributed by atoms with Crippen molar-refractivity contribution in [2.24, 2.45) is 11.8 Å². The van der Waals surface area contributed by atoms with E-state index in [1.165, 1.54) is 71.3 Å². The molecule has 1 amide bonds. The Morgan fingerprint density at radius 2 is 0.966 bits per heavy atom. The van der Waals surface area contributed by atoms with E-state index in [1.807, 2.05) is 55.4 Å². The van der Waals surface area contributed by atoms with E-state index in [9.17, 15) is 24.0 Å². The fourth-order valence-corrected chi connectivity index (χ4v) is 6.01. The molecule has 11 heteroatoms. The van der Waals surface area contributed by atoms with Gasteiger partial charge in [-0.15, -0.1) is 0 Å². The van der Waals surface area contributed by atoms with Crippen LogP contribution in [0.3, 0.4) is 0 Å². The quantitative estimate of drug-likeness (QED) is 0.0390. The van der Waals surface area contributed by atoms with Crippen molar-refractivity contribution in [3.05, 3.63) is 0 Å². The number of carbonyl (C=O) groups is 5. The smallest absolute Gasteiger partial charge is 0.409 e. The van der Waals surface area contributed by atoms with Gasteiger partial charge in [-0.3, -0.25) is 19.2 Å². The monoisotopic (exact) mass is 846 g/mol. The second-order valence-corrected chi connectivity index (χ2v) is 14.6. The minimum absolute atomic E-state index is 0.0229. The lowest BCUT2D eigenvalue weighted by molar-refractivity contribution is -0.156. The van der Waals surface area contributed by atoms with Gasteiger partial charge in [0.05, 0.1) is 46.3 Å². The highest BCUT2D eigenvalue weighted by Crippen LogP contribution is 2.23. The molecular formula is C48H95NO10. The molecule has 1 aliphatic rings. The Labute approximate surface area is 363 Å². The van der Waals surface area contributed by atoms with Crippen LogP contribution >= 0.6 is 0 Å². The molecule has 1 aliphatic heterocycles. The number of hydrogen-bond acceptors (Lipinski definition) is 10. The van der Waals surface area contributed by atoms with E-state index < -0.39 is 30.1 Å². The number of likely N-dealkylation sites (tertiary alicyclic amines) is 1. The molecule has 0 saturated carbocycles. The van der Waals surface area contributed by atoms with Crippen molar-refractivity contribution in [1.82, 2.24) is 4.90 Å². The number of rotatable bonds is 30. The molecule has 0 aliphatic carbocycles. The number of hydrogen-bond donors (Lipinski definition) is 0. The van der Waals surface area contributed by atoms with E-state index in [1.54, 1.807) is 4.90 Å². The lowest BCUT2D eigenvalue weighted by Gasteiger charge is -2.19. The molecule has 1 heterocycles. The third-order valence-corrected chi connectivity index (χ3v) is 9.36. The van der Waals surface area contributed by atoms with Crippen LogP contribution in [0.1, 0.15) is 224 Å². The zero-order chi connectivity index (χ0) is 45.5. The van der Waals surface area contributed by atoms with Crippen molar-refractivity contribution in [3.8, 4) is 0 Å². The summed E-state index contributed by atoms with van der Waals surface area (Å²) in [6, 6.07) is 0. The standard InChI is InChI=1S/C32H57NO8.C10H20O2.3C2H6/c1-5-8-10-12-14-16-18-29(34)40-25-27(21-30(35)38-20-17-15-13-11-9-6-2)22-31(36)41-28-24-33(23-26(28)4)32(37)39-19-7-3;1-3-4-5-6-7-8-9-10(11)12-2;3*1-2/h26-28H,5-25H2,1-4H3;3-9H2,1-2H3;3*1-2H3. The van der Waals surface area contributed by atoms with Gasteiger partial charge < -0.3 is 28.6 Å². The molecule has 11 nitrogen and oxygen atoms in total. The average Bonchev–Trinajstić information content (AvgIpc) is 3.62. The van der Waals surface area contributed by atoms with Crippen molar-refractivity contribution < 1.29 is 47.7 Å². The second kappa shape index (κ2) is 49.5. The molecule has 0 radical (unpaired) electrons. The highest BCUT2D eigenvalue weighted by Gasteiger charge is 2.36. The van der Waals surface area contributed by atoms with Gasteiger partial charge in [0.25, 0.3) is 0 Å². The molecule has 0 aromatic heterocycles. The molecule has 0 aromatic carbocycles. The summed E-state index contributed by atoms with van der Waals surface area (Å²) >= 11 is 0. The first-order valence-corrected chi connectivity index (χ1v) is 24.1. The third kappa shape index (κ3) is 41.7. The average molecular weight is 846 g/mol. The fraction of sp³-hybridized carbons (Fsp3) is 0.896. The Balaban J connectivity index is -0.000000705. The summed E-state index contributed by atoms with van der Waals surface area (Å²) in [7, 11) is 1.44. The third-order valence-electron chi connectivity index (χ3n) is 9.36. The van der Waals surface area contributed by atoms with Crippen molar-refractivity contribution in [2.75, 3.05) is 40.0 Å². The predicted molar refractivity (Wildman–Crippen MR) is 242 cm³/mol. The molecule has 0 spiro atoms. The molecule has 1 fully saturated rings. The van der Waals surface area contributed by atoms with Crippen LogP contribution in [0, 0.1) is 11.8 Å². The van der Waals surface area contributed by atoms with Crippen LogP contribution in [0.2, 0.25) is 0 Å². The Bertz CT molecular complexity index is 960. The minimum Gasteiger partial charge on any atom is -0.469 e. The summed E-state index contributed by atoms with van der Waals surface area (Å²) in [6.45, 7) is 23.8. The van der Waals surface area contributed by atoms with Gasteiger partial charge in [0.2, 0.25) is 0 Å². The largest absolute Gasteiger partial charge is 0.469 e. The van der Waals surface area contributed by atoms with E-state index in [0.717, 1.165) is 57.8 Å². The van der Waals surface area contributed by atoms with Gasteiger partial charge in [0, 0.05) is 31.2 Å². The highest BCUT2D eigenvalue weighted by molar-refractivity contribution is 5.74. The summed E-state index contributed by atoms with van der Waals surface area (Å²) in [5.74, 6) is -1.84. The van der Waals surface area contributed by atoms with Crippen LogP contribution in [-0.2, 0) is 42.9 Å². The fourth-order valence-electron chi connectivity index (χ4n) is 6.01. The Kier molecular flexibility index (Phi) is 52.7. The number of ether oxygens (including phenoxy) is 5. The molecule has 1 saturated heterocycles. The van der Waals surface area contributed by atoms with E-state index in [4.69, 9.17) is 18.9 Å². The van der Waals surface area contributed by atoms with E-state index in [2.05, 4.69) is 25.5 Å². The van der Waals surface area contributed by atoms with Gasteiger partial charge in [-0.1, -0.05) is 172 Å². The van der Waals surface area contributed by atoms with Gasteiger partial charge in [0.15, 0.2) is 0 Å². The summed E-state index contributed by atoms with van der Waals surface area (Å²) in [5, 5.41) is 0. The van der Waals surface area contributed by atoms with E-state index >= 15 is 0 Å². The number of esters is 4. The summed E-state index contributed by atoms with van der Waals surface area (Å²) in [4.78, 5) is 62.2. The Morgan fingerprint density at radius 3 is 1.46 bits per heavy atom. The molecule has 3 unspecified atom stereocenters. The van der Waals surface area contributed by atoms with Crippen molar-refractivity contribution >= 4 is 30.0 Å².